The lowest BCUT2D eigenvalue weighted by Gasteiger charge is -2.19. The van der Waals surface area contributed by atoms with Crippen LogP contribution in [0.15, 0.2) is 18.5 Å². The van der Waals surface area contributed by atoms with E-state index >= 15 is 0 Å². The minimum atomic E-state index is 0.271. The van der Waals surface area contributed by atoms with Crippen molar-refractivity contribution in [2.24, 2.45) is 5.92 Å². The van der Waals surface area contributed by atoms with E-state index in [1.165, 1.54) is 12.8 Å². The number of carbonyl (C=O) groups excluding carboxylic acids is 1. The normalized spacial score (nSPS) is 18.1. The monoisotopic (exact) mass is 300 g/mol. The second-order valence-corrected chi connectivity index (χ2v) is 6.20. The van der Waals surface area contributed by atoms with Gasteiger partial charge in [-0.2, -0.15) is 5.10 Å². The van der Waals surface area contributed by atoms with E-state index in [0.717, 1.165) is 31.2 Å². The Morgan fingerprint density at radius 1 is 1.27 bits per heavy atom. The zero-order valence-electron chi connectivity index (χ0n) is 12.6. The molecule has 3 heterocycles. The van der Waals surface area contributed by atoms with Crippen molar-refractivity contribution < 1.29 is 4.79 Å². The lowest BCUT2D eigenvalue weighted by Crippen LogP contribution is -2.31. The number of fused-ring (bicyclic) bond motifs is 1. The largest absolute Gasteiger partial charge is 0.335 e. The van der Waals surface area contributed by atoms with Gasteiger partial charge in [0.05, 0.1) is 6.54 Å². The maximum atomic E-state index is 12.3. The molecular weight excluding hydrogens is 280 g/mol. The van der Waals surface area contributed by atoms with Gasteiger partial charge in [-0.05, 0) is 31.2 Å². The Bertz CT molecular complexity index is 658. The van der Waals surface area contributed by atoms with Gasteiger partial charge >= 0.3 is 0 Å². The molecule has 7 nitrogen and oxygen atoms in total. The molecule has 0 atom stereocenters. The van der Waals surface area contributed by atoms with Gasteiger partial charge in [-0.3, -0.25) is 9.48 Å². The second kappa shape index (κ2) is 5.55. The third-order valence-corrected chi connectivity index (χ3v) is 4.42. The summed E-state index contributed by atoms with van der Waals surface area (Å²) in [6.07, 6.45) is 7.76. The molecule has 0 bridgehead atoms. The van der Waals surface area contributed by atoms with Crippen LogP contribution < -0.4 is 0 Å². The average Bonchev–Trinajstić information content (AvgIpc) is 3.11. The molecule has 116 valence electrons. The van der Waals surface area contributed by atoms with Crippen molar-refractivity contribution in [2.45, 2.75) is 45.3 Å². The fraction of sp³-hybridized carbons (Fsp3) is 0.600. The molecule has 0 spiro atoms. The Kier molecular flexibility index (Phi) is 3.40. The molecule has 0 saturated heterocycles. The molecule has 1 aliphatic carbocycles. The van der Waals surface area contributed by atoms with Gasteiger partial charge < -0.3 is 9.47 Å². The van der Waals surface area contributed by atoms with Crippen molar-refractivity contribution >= 4 is 5.91 Å². The van der Waals surface area contributed by atoms with Gasteiger partial charge in [0.25, 0.3) is 0 Å². The van der Waals surface area contributed by atoms with Crippen molar-refractivity contribution in [3.05, 3.63) is 30.1 Å². The van der Waals surface area contributed by atoms with Crippen molar-refractivity contribution in [2.75, 3.05) is 6.54 Å². The number of hydrogen-bond donors (Lipinski definition) is 0. The van der Waals surface area contributed by atoms with Crippen molar-refractivity contribution in [3.63, 3.8) is 0 Å². The summed E-state index contributed by atoms with van der Waals surface area (Å²) in [5, 5.41) is 12.8. The van der Waals surface area contributed by atoms with E-state index in [-0.39, 0.29) is 5.91 Å². The summed E-state index contributed by atoms with van der Waals surface area (Å²) in [5.41, 5.74) is 0. The Hall–Kier alpha value is -2.18. The van der Waals surface area contributed by atoms with Crippen LogP contribution in [0.25, 0.3) is 0 Å². The van der Waals surface area contributed by atoms with Crippen LogP contribution in [-0.4, -0.2) is 41.9 Å². The van der Waals surface area contributed by atoms with Crippen LogP contribution in [0.3, 0.4) is 0 Å². The molecule has 0 N–H and O–H groups in total. The van der Waals surface area contributed by atoms with E-state index in [4.69, 9.17) is 0 Å². The molecule has 0 unspecified atom stereocenters. The SMILES string of the molecule is O=C(CC1CC1)N1CCCn2c(nnc2Cn2cccn2)C1. The first-order chi connectivity index (χ1) is 10.8. The fourth-order valence-corrected chi connectivity index (χ4v) is 2.98. The van der Waals surface area contributed by atoms with Gasteiger partial charge in [0.15, 0.2) is 11.6 Å². The summed E-state index contributed by atoms with van der Waals surface area (Å²) in [6, 6.07) is 1.90. The van der Waals surface area contributed by atoms with E-state index in [0.29, 0.717) is 25.4 Å². The third kappa shape index (κ3) is 2.75. The molecule has 1 fully saturated rings. The van der Waals surface area contributed by atoms with Crippen molar-refractivity contribution in [3.8, 4) is 0 Å². The first kappa shape index (κ1) is 13.5. The quantitative estimate of drug-likeness (QED) is 0.846. The maximum absolute atomic E-state index is 12.3. The van der Waals surface area contributed by atoms with Gasteiger partial charge in [0.2, 0.25) is 5.91 Å². The van der Waals surface area contributed by atoms with Crippen LogP contribution in [0.1, 0.15) is 37.3 Å². The van der Waals surface area contributed by atoms with Crippen LogP contribution in [0.2, 0.25) is 0 Å². The topological polar surface area (TPSA) is 68.8 Å². The Labute approximate surface area is 128 Å². The van der Waals surface area contributed by atoms with Gasteiger partial charge in [-0.15, -0.1) is 10.2 Å². The number of rotatable bonds is 4. The Morgan fingerprint density at radius 2 is 2.18 bits per heavy atom. The van der Waals surface area contributed by atoms with Gasteiger partial charge in [-0.25, -0.2) is 0 Å². The third-order valence-electron chi connectivity index (χ3n) is 4.42. The van der Waals surface area contributed by atoms with E-state index in [1.807, 2.05) is 21.8 Å². The summed E-state index contributed by atoms with van der Waals surface area (Å²) in [7, 11) is 0. The molecule has 1 aliphatic heterocycles. The van der Waals surface area contributed by atoms with Crippen molar-refractivity contribution in [1.29, 1.82) is 0 Å². The minimum absolute atomic E-state index is 0.271. The minimum Gasteiger partial charge on any atom is -0.335 e. The summed E-state index contributed by atoms with van der Waals surface area (Å²) >= 11 is 0. The summed E-state index contributed by atoms with van der Waals surface area (Å²) < 4.78 is 3.99. The molecule has 1 saturated carbocycles. The average molecular weight is 300 g/mol. The van der Waals surface area contributed by atoms with E-state index in [2.05, 4.69) is 19.9 Å². The number of carbonyl (C=O) groups is 1. The highest BCUT2D eigenvalue weighted by atomic mass is 16.2. The molecule has 2 aromatic heterocycles. The smallest absolute Gasteiger partial charge is 0.223 e. The van der Waals surface area contributed by atoms with Gasteiger partial charge in [-0.1, -0.05) is 0 Å². The van der Waals surface area contributed by atoms with Crippen LogP contribution in [-0.2, 0) is 24.4 Å². The number of aromatic nitrogens is 5. The first-order valence-electron chi connectivity index (χ1n) is 7.96. The molecule has 1 amide bonds. The van der Waals surface area contributed by atoms with Crippen LogP contribution in [0, 0.1) is 5.92 Å². The second-order valence-electron chi connectivity index (χ2n) is 6.20. The molecule has 2 aliphatic rings. The highest BCUT2D eigenvalue weighted by Gasteiger charge is 2.29. The van der Waals surface area contributed by atoms with E-state index in [9.17, 15) is 4.79 Å². The molecular formula is C15H20N6O. The van der Waals surface area contributed by atoms with Gasteiger partial charge in [0, 0.05) is 31.9 Å². The number of amides is 1. The van der Waals surface area contributed by atoms with Crippen molar-refractivity contribution in [1.82, 2.24) is 29.4 Å². The molecule has 22 heavy (non-hydrogen) atoms. The molecule has 2 aromatic rings. The highest BCUT2D eigenvalue weighted by Crippen LogP contribution is 2.33. The summed E-state index contributed by atoms with van der Waals surface area (Å²) in [4.78, 5) is 14.3. The number of nitrogens with zero attached hydrogens (tertiary/aromatic N) is 6. The van der Waals surface area contributed by atoms with E-state index in [1.54, 1.807) is 6.20 Å². The van der Waals surface area contributed by atoms with Crippen LogP contribution in [0.5, 0.6) is 0 Å². The first-order valence-corrected chi connectivity index (χ1v) is 7.96. The maximum Gasteiger partial charge on any atom is 0.223 e. The summed E-state index contributed by atoms with van der Waals surface area (Å²) in [5.74, 6) is 2.70. The van der Waals surface area contributed by atoms with Gasteiger partial charge in [0.1, 0.15) is 6.54 Å². The molecule has 7 heteroatoms. The lowest BCUT2D eigenvalue weighted by molar-refractivity contribution is -0.132. The lowest BCUT2D eigenvalue weighted by atomic mass is 10.2. The summed E-state index contributed by atoms with van der Waals surface area (Å²) in [6.45, 7) is 2.88. The zero-order chi connectivity index (χ0) is 14.9. The molecule has 0 radical (unpaired) electrons. The highest BCUT2D eigenvalue weighted by molar-refractivity contribution is 5.76. The standard InChI is InChI=1S/C15H20N6O/c22-15(9-12-3-4-12)19-6-2-8-21-13(10-19)17-18-14(21)11-20-7-1-5-16-20/h1,5,7,12H,2-4,6,8-11H2. The van der Waals surface area contributed by atoms with Crippen LogP contribution >= 0.6 is 0 Å². The number of hydrogen-bond acceptors (Lipinski definition) is 4. The molecule has 4 rings (SSSR count). The fourth-order valence-electron chi connectivity index (χ4n) is 2.98. The zero-order valence-corrected chi connectivity index (χ0v) is 12.6. The van der Waals surface area contributed by atoms with E-state index < -0.39 is 0 Å². The predicted molar refractivity (Wildman–Crippen MR) is 78.7 cm³/mol. The predicted octanol–water partition coefficient (Wildman–Crippen LogP) is 1.06. The Morgan fingerprint density at radius 3 is 2.95 bits per heavy atom. The van der Waals surface area contributed by atoms with Crippen LogP contribution in [0.4, 0.5) is 0 Å². The Balaban J connectivity index is 1.49. The molecule has 0 aromatic carbocycles.